The van der Waals surface area contributed by atoms with Gasteiger partial charge in [-0.1, -0.05) is 18.2 Å². The normalized spacial score (nSPS) is 12.0. The summed E-state index contributed by atoms with van der Waals surface area (Å²) < 4.78 is 39.6. The van der Waals surface area contributed by atoms with Gasteiger partial charge >= 0.3 is 6.18 Å². The summed E-state index contributed by atoms with van der Waals surface area (Å²) in [6.45, 7) is -0.233. The summed E-state index contributed by atoms with van der Waals surface area (Å²) in [6, 6.07) is 9.87. The van der Waals surface area contributed by atoms with E-state index in [2.05, 4.69) is 10.1 Å². The van der Waals surface area contributed by atoms with Crippen molar-refractivity contribution in [1.29, 1.82) is 0 Å². The number of hydrogen-bond donors (Lipinski definition) is 1. The minimum atomic E-state index is -4.41. The quantitative estimate of drug-likeness (QED) is 0.790. The van der Waals surface area contributed by atoms with Gasteiger partial charge in [0.25, 0.3) is 0 Å². The van der Waals surface area contributed by atoms with Crippen LogP contribution in [0.15, 0.2) is 42.5 Å². The summed E-state index contributed by atoms with van der Waals surface area (Å²) >= 11 is 0. The molecule has 1 N–H and O–H groups in total. The third kappa shape index (κ3) is 2.47. The highest BCUT2D eigenvalue weighted by Crippen LogP contribution is 2.31. The van der Waals surface area contributed by atoms with E-state index in [4.69, 9.17) is 0 Å². The molecule has 0 amide bonds. The Balaban J connectivity index is 2.13. The summed E-state index contributed by atoms with van der Waals surface area (Å²) in [5, 5.41) is 13.4. The molecule has 0 spiro atoms. The van der Waals surface area contributed by atoms with Crippen molar-refractivity contribution in [3.8, 4) is 11.4 Å². The van der Waals surface area contributed by atoms with Crippen LogP contribution in [0.2, 0.25) is 0 Å². The second kappa shape index (κ2) is 4.85. The molecule has 2 aromatic heterocycles. The average Bonchev–Trinajstić information content (AvgIpc) is 2.90. The van der Waals surface area contributed by atoms with Crippen molar-refractivity contribution in [2.45, 2.75) is 12.8 Å². The van der Waals surface area contributed by atoms with Crippen molar-refractivity contribution < 1.29 is 18.3 Å². The maximum atomic E-state index is 12.7. The Hall–Kier alpha value is -2.41. The molecule has 0 atom stereocenters. The van der Waals surface area contributed by atoms with Gasteiger partial charge in [0, 0.05) is 5.56 Å². The Kier molecular flexibility index (Phi) is 3.13. The number of aromatic nitrogens is 3. The maximum absolute atomic E-state index is 12.7. The van der Waals surface area contributed by atoms with Crippen LogP contribution in [0, 0.1) is 0 Å². The summed E-state index contributed by atoms with van der Waals surface area (Å²) in [7, 11) is 0. The molecular weight excluding hydrogens is 283 g/mol. The van der Waals surface area contributed by atoms with Gasteiger partial charge in [-0.2, -0.15) is 13.2 Å². The summed E-state index contributed by atoms with van der Waals surface area (Å²) in [6.07, 6.45) is -4.41. The third-order valence-corrected chi connectivity index (χ3v) is 3.05. The molecular formula is C14H10F3N3O. The molecule has 2 heterocycles. The Morgan fingerprint density at radius 3 is 2.57 bits per heavy atom. The lowest BCUT2D eigenvalue weighted by Gasteiger charge is -2.06. The van der Waals surface area contributed by atoms with Crippen LogP contribution in [0.1, 0.15) is 11.3 Å². The molecule has 3 aromatic rings. The average molecular weight is 293 g/mol. The van der Waals surface area contributed by atoms with Crippen LogP contribution in [0.4, 0.5) is 13.2 Å². The van der Waals surface area contributed by atoms with Crippen LogP contribution in [0.25, 0.3) is 17.0 Å². The first-order chi connectivity index (χ1) is 9.99. The number of fused-ring (bicyclic) bond motifs is 1. The maximum Gasteiger partial charge on any atom is 0.416 e. The highest BCUT2D eigenvalue weighted by Gasteiger charge is 2.30. The molecule has 0 aliphatic carbocycles. The number of halogens is 3. The first kappa shape index (κ1) is 13.6. The third-order valence-electron chi connectivity index (χ3n) is 3.05. The molecule has 108 valence electrons. The molecule has 0 unspecified atom stereocenters. The molecule has 3 rings (SSSR count). The van der Waals surface area contributed by atoms with Crippen molar-refractivity contribution in [2.24, 2.45) is 0 Å². The number of pyridine rings is 1. The van der Waals surface area contributed by atoms with E-state index in [0.717, 1.165) is 12.1 Å². The SMILES string of the molecule is OCc1cccc2nc(-c3cccc(C(F)(F)F)c3)nn12. The monoisotopic (exact) mass is 293 g/mol. The number of alkyl halides is 3. The van der Waals surface area contributed by atoms with Gasteiger partial charge in [-0.3, -0.25) is 0 Å². The zero-order valence-corrected chi connectivity index (χ0v) is 10.7. The minimum absolute atomic E-state index is 0.182. The van der Waals surface area contributed by atoms with E-state index in [-0.39, 0.29) is 18.0 Å². The minimum Gasteiger partial charge on any atom is -0.390 e. The standard InChI is InChI=1S/C14H10F3N3O/c15-14(16,17)10-4-1-3-9(7-10)13-18-12-6-2-5-11(8-21)20(12)19-13/h1-7,21H,8H2. The fraction of sp³-hybridized carbons (Fsp3) is 0.143. The predicted molar refractivity (Wildman–Crippen MR) is 69.3 cm³/mol. The zero-order valence-electron chi connectivity index (χ0n) is 10.7. The number of rotatable bonds is 2. The van der Waals surface area contributed by atoms with E-state index in [0.29, 0.717) is 11.3 Å². The number of benzene rings is 1. The number of nitrogens with zero attached hydrogens (tertiary/aromatic N) is 3. The molecule has 0 bridgehead atoms. The first-order valence-electron chi connectivity index (χ1n) is 6.12. The molecule has 7 heteroatoms. The molecule has 0 saturated heterocycles. The van der Waals surface area contributed by atoms with Gasteiger partial charge in [0.05, 0.1) is 17.9 Å². The second-order valence-electron chi connectivity index (χ2n) is 4.46. The molecule has 0 saturated carbocycles. The zero-order chi connectivity index (χ0) is 15.0. The van der Waals surface area contributed by atoms with E-state index in [1.807, 2.05) is 0 Å². The smallest absolute Gasteiger partial charge is 0.390 e. The van der Waals surface area contributed by atoms with E-state index in [9.17, 15) is 18.3 Å². The Morgan fingerprint density at radius 1 is 1.10 bits per heavy atom. The van der Waals surface area contributed by atoms with Crippen LogP contribution in [-0.4, -0.2) is 19.7 Å². The van der Waals surface area contributed by atoms with Crippen molar-refractivity contribution in [2.75, 3.05) is 0 Å². The second-order valence-corrected chi connectivity index (χ2v) is 4.46. The van der Waals surface area contributed by atoms with Gasteiger partial charge in [0.2, 0.25) is 0 Å². The van der Waals surface area contributed by atoms with Crippen LogP contribution >= 0.6 is 0 Å². The van der Waals surface area contributed by atoms with Gasteiger partial charge in [-0.25, -0.2) is 9.50 Å². The van der Waals surface area contributed by atoms with Gasteiger partial charge < -0.3 is 5.11 Å². The Bertz CT molecular complexity index is 796. The fourth-order valence-corrected chi connectivity index (χ4v) is 2.04. The van der Waals surface area contributed by atoms with Crippen molar-refractivity contribution in [1.82, 2.24) is 14.6 Å². The van der Waals surface area contributed by atoms with Gasteiger partial charge in [0.1, 0.15) is 0 Å². The van der Waals surface area contributed by atoms with E-state index in [1.165, 1.54) is 16.6 Å². The van der Waals surface area contributed by atoms with Crippen molar-refractivity contribution in [3.63, 3.8) is 0 Å². The van der Waals surface area contributed by atoms with Gasteiger partial charge in [0.15, 0.2) is 11.5 Å². The van der Waals surface area contributed by atoms with Crippen LogP contribution in [0.3, 0.4) is 0 Å². The summed E-state index contributed by atoms with van der Waals surface area (Å²) in [5.74, 6) is 0.182. The predicted octanol–water partition coefficient (Wildman–Crippen LogP) is 2.91. The van der Waals surface area contributed by atoms with Gasteiger partial charge in [-0.05, 0) is 24.3 Å². The molecule has 1 aromatic carbocycles. The summed E-state index contributed by atoms with van der Waals surface area (Å²) in [5.41, 5.74) is 0.505. The molecule has 0 fully saturated rings. The lowest BCUT2D eigenvalue weighted by molar-refractivity contribution is -0.137. The fourth-order valence-electron chi connectivity index (χ4n) is 2.04. The topological polar surface area (TPSA) is 50.4 Å². The number of aliphatic hydroxyl groups excluding tert-OH is 1. The lowest BCUT2D eigenvalue weighted by Crippen LogP contribution is -2.04. The highest BCUT2D eigenvalue weighted by molar-refractivity contribution is 5.59. The van der Waals surface area contributed by atoms with Crippen LogP contribution in [0.5, 0.6) is 0 Å². The van der Waals surface area contributed by atoms with Crippen molar-refractivity contribution in [3.05, 3.63) is 53.7 Å². The molecule has 0 aliphatic rings. The Labute approximate surface area is 117 Å². The van der Waals surface area contributed by atoms with Crippen LogP contribution < -0.4 is 0 Å². The number of hydrogen-bond acceptors (Lipinski definition) is 3. The number of aliphatic hydroxyl groups is 1. The molecule has 21 heavy (non-hydrogen) atoms. The molecule has 0 radical (unpaired) electrons. The lowest BCUT2D eigenvalue weighted by atomic mass is 10.1. The molecule has 0 aliphatic heterocycles. The van der Waals surface area contributed by atoms with E-state index >= 15 is 0 Å². The van der Waals surface area contributed by atoms with Crippen LogP contribution in [-0.2, 0) is 12.8 Å². The highest BCUT2D eigenvalue weighted by atomic mass is 19.4. The summed E-state index contributed by atoms with van der Waals surface area (Å²) in [4.78, 5) is 4.19. The van der Waals surface area contributed by atoms with Crippen molar-refractivity contribution >= 4 is 5.65 Å². The Morgan fingerprint density at radius 2 is 1.86 bits per heavy atom. The van der Waals surface area contributed by atoms with E-state index < -0.39 is 11.7 Å². The molecule has 4 nitrogen and oxygen atoms in total. The van der Waals surface area contributed by atoms with E-state index in [1.54, 1.807) is 18.2 Å². The van der Waals surface area contributed by atoms with Gasteiger partial charge in [-0.15, -0.1) is 5.10 Å². The first-order valence-corrected chi connectivity index (χ1v) is 6.12. The largest absolute Gasteiger partial charge is 0.416 e.